The summed E-state index contributed by atoms with van der Waals surface area (Å²) in [7, 11) is 0. The van der Waals surface area contributed by atoms with Gasteiger partial charge in [-0.15, -0.1) is 0 Å². The van der Waals surface area contributed by atoms with Gasteiger partial charge >= 0.3 is 5.97 Å². The molecule has 1 aromatic carbocycles. The second-order valence-electron chi connectivity index (χ2n) is 4.42. The number of likely N-dealkylation sites (tertiary alicyclic amines) is 1. The molecule has 1 N–H and O–H groups in total. The fourth-order valence-corrected chi connectivity index (χ4v) is 2.31. The van der Waals surface area contributed by atoms with Gasteiger partial charge in [-0.25, -0.2) is 4.79 Å². The number of hydrogen-bond donors (Lipinski definition) is 1. The standard InChI is InChI=1S/C13H17NO2/c1-10-5-4-8-14(10)9-11-6-2-3-7-12(11)13(15)16/h2-3,6-7,10H,4-5,8-9H2,1H3,(H,15,16). The van der Waals surface area contributed by atoms with Crippen molar-refractivity contribution < 1.29 is 9.90 Å². The molecule has 86 valence electrons. The molecule has 1 saturated heterocycles. The van der Waals surface area contributed by atoms with E-state index in [1.807, 2.05) is 12.1 Å². The second kappa shape index (κ2) is 4.66. The fraction of sp³-hybridized carbons (Fsp3) is 0.462. The van der Waals surface area contributed by atoms with E-state index in [1.165, 1.54) is 12.8 Å². The first kappa shape index (κ1) is 11.1. The van der Waals surface area contributed by atoms with Crippen LogP contribution in [0.2, 0.25) is 0 Å². The molecule has 2 rings (SSSR count). The molecule has 1 heterocycles. The van der Waals surface area contributed by atoms with Gasteiger partial charge in [0.25, 0.3) is 0 Å². The van der Waals surface area contributed by atoms with Crippen molar-refractivity contribution in [2.45, 2.75) is 32.4 Å². The first-order valence-electron chi connectivity index (χ1n) is 5.73. The third-order valence-electron chi connectivity index (χ3n) is 3.31. The monoisotopic (exact) mass is 219 g/mol. The number of nitrogens with zero attached hydrogens (tertiary/aromatic N) is 1. The van der Waals surface area contributed by atoms with Gasteiger partial charge in [0.1, 0.15) is 0 Å². The Morgan fingerprint density at radius 3 is 2.88 bits per heavy atom. The van der Waals surface area contributed by atoms with Crippen LogP contribution in [0.25, 0.3) is 0 Å². The van der Waals surface area contributed by atoms with Gasteiger partial charge in [-0.2, -0.15) is 0 Å². The van der Waals surface area contributed by atoms with E-state index >= 15 is 0 Å². The Morgan fingerprint density at radius 1 is 1.50 bits per heavy atom. The van der Waals surface area contributed by atoms with Gasteiger partial charge in [-0.05, 0) is 37.9 Å². The van der Waals surface area contributed by atoms with Crippen LogP contribution in [0.5, 0.6) is 0 Å². The molecule has 1 unspecified atom stereocenters. The zero-order chi connectivity index (χ0) is 11.5. The summed E-state index contributed by atoms with van der Waals surface area (Å²) in [4.78, 5) is 13.4. The van der Waals surface area contributed by atoms with E-state index in [2.05, 4.69) is 11.8 Å². The lowest BCUT2D eigenvalue weighted by molar-refractivity contribution is 0.0694. The van der Waals surface area contributed by atoms with Crippen molar-refractivity contribution in [2.24, 2.45) is 0 Å². The van der Waals surface area contributed by atoms with Gasteiger partial charge in [0.15, 0.2) is 0 Å². The van der Waals surface area contributed by atoms with Gasteiger partial charge in [0.05, 0.1) is 5.56 Å². The average molecular weight is 219 g/mol. The van der Waals surface area contributed by atoms with E-state index in [1.54, 1.807) is 12.1 Å². The highest BCUT2D eigenvalue weighted by molar-refractivity contribution is 5.89. The van der Waals surface area contributed by atoms with Crippen LogP contribution >= 0.6 is 0 Å². The largest absolute Gasteiger partial charge is 0.478 e. The molecule has 16 heavy (non-hydrogen) atoms. The number of carbonyl (C=O) groups is 1. The van der Waals surface area contributed by atoms with Gasteiger partial charge in [-0.1, -0.05) is 18.2 Å². The fourth-order valence-electron chi connectivity index (χ4n) is 2.31. The summed E-state index contributed by atoms with van der Waals surface area (Å²) in [5.74, 6) is -0.831. The van der Waals surface area contributed by atoms with Crippen LogP contribution in [0.3, 0.4) is 0 Å². The summed E-state index contributed by atoms with van der Waals surface area (Å²) >= 11 is 0. The number of carboxylic acid groups (broad SMARTS) is 1. The highest BCUT2D eigenvalue weighted by atomic mass is 16.4. The topological polar surface area (TPSA) is 40.5 Å². The van der Waals surface area contributed by atoms with Crippen molar-refractivity contribution in [3.05, 3.63) is 35.4 Å². The van der Waals surface area contributed by atoms with Crippen LogP contribution in [-0.4, -0.2) is 28.6 Å². The Hall–Kier alpha value is -1.35. The molecular weight excluding hydrogens is 202 g/mol. The molecule has 0 radical (unpaired) electrons. The lowest BCUT2D eigenvalue weighted by Gasteiger charge is -2.21. The van der Waals surface area contributed by atoms with Gasteiger partial charge < -0.3 is 5.11 Å². The molecule has 1 aliphatic rings. The Bertz CT molecular complexity index is 389. The highest BCUT2D eigenvalue weighted by Gasteiger charge is 2.21. The summed E-state index contributed by atoms with van der Waals surface area (Å²) in [6, 6.07) is 7.84. The van der Waals surface area contributed by atoms with Crippen LogP contribution in [0.1, 0.15) is 35.7 Å². The minimum absolute atomic E-state index is 0.432. The predicted molar refractivity (Wildman–Crippen MR) is 62.5 cm³/mol. The van der Waals surface area contributed by atoms with E-state index in [-0.39, 0.29) is 0 Å². The maximum atomic E-state index is 11.1. The molecule has 0 spiro atoms. The number of benzene rings is 1. The smallest absolute Gasteiger partial charge is 0.336 e. The van der Waals surface area contributed by atoms with Gasteiger partial charge in [0, 0.05) is 12.6 Å². The summed E-state index contributed by atoms with van der Waals surface area (Å²) in [5, 5.41) is 9.09. The van der Waals surface area contributed by atoms with Crippen molar-refractivity contribution >= 4 is 5.97 Å². The molecule has 3 heteroatoms. The first-order chi connectivity index (χ1) is 7.68. The molecule has 0 amide bonds. The molecule has 3 nitrogen and oxygen atoms in total. The molecule has 0 aliphatic carbocycles. The van der Waals surface area contributed by atoms with Crippen LogP contribution in [0, 0.1) is 0 Å². The van der Waals surface area contributed by atoms with Crippen LogP contribution < -0.4 is 0 Å². The summed E-state index contributed by atoms with van der Waals surface area (Å²) < 4.78 is 0. The molecule has 1 aliphatic heterocycles. The van der Waals surface area contributed by atoms with Crippen molar-refractivity contribution in [1.29, 1.82) is 0 Å². The zero-order valence-corrected chi connectivity index (χ0v) is 9.52. The second-order valence-corrected chi connectivity index (χ2v) is 4.42. The minimum atomic E-state index is -0.831. The third-order valence-corrected chi connectivity index (χ3v) is 3.31. The van der Waals surface area contributed by atoms with E-state index in [4.69, 9.17) is 5.11 Å². The Morgan fingerprint density at radius 2 is 2.25 bits per heavy atom. The van der Waals surface area contributed by atoms with E-state index < -0.39 is 5.97 Å². The quantitative estimate of drug-likeness (QED) is 0.848. The number of aromatic carboxylic acids is 1. The molecular formula is C13H17NO2. The van der Waals surface area contributed by atoms with Crippen molar-refractivity contribution in [2.75, 3.05) is 6.54 Å². The molecule has 1 fully saturated rings. The van der Waals surface area contributed by atoms with Crippen molar-refractivity contribution in [1.82, 2.24) is 4.90 Å². The Kier molecular flexibility index (Phi) is 3.25. The molecule has 1 atom stereocenters. The Labute approximate surface area is 95.7 Å². The molecule has 0 saturated carbocycles. The van der Waals surface area contributed by atoms with Crippen molar-refractivity contribution in [3.63, 3.8) is 0 Å². The van der Waals surface area contributed by atoms with Crippen LogP contribution in [0.4, 0.5) is 0 Å². The van der Waals surface area contributed by atoms with Crippen LogP contribution in [-0.2, 0) is 6.54 Å². The lowest BCUT2D eigenvalue weighted by Crippen LogP contribution is -2.27. The van der Waals surface area contributed by atoms with Gasteiger partial charge in [0.2, 0.25) is 0 Å². The normalized spacial score (nSPS) is 21.2. The Balaban J connectivity index is 2.17. The summed E-state index contributed by atoms with van der Waals surface area (Å²) in [6.07, 6.45) is 2.44. The van der Waals surface area contributed by atoms with E-state index in [0.717, 1.165) is 18.7 Å². The van der Waals surface area contributed by atoms with Gasteiger partial charge in [-0.3, -0.25) is 4.90 Å². The zero-order valence-electron chi connectivity index (χ0n) is 9.52. The lowest BCUT2D eigenvalue weighted by atomic mass is 10.1. The number of rotatable bonds is 3. The number of carboxylic acids is 1. The average Bonchev–Trinajstić information content (AvgIpc) is 2.65. The summed E-state index contributed by atoms with van der Waals surface area (Å²) in [5.41, 5.74) is 1.35. The maximum absolute atomic E-state index is 11.1. The molecule has 1 aromatic rings. The minimum Gasteiger partial charge on any atom is -0.478 e. The molecule has 0 aromatic heterocycles. The first-order valence-corrected chi connectivity index (χ1v) is 5.73. The summed E-state index contributed by atoms with van der Waals surface area (Å²) in [6.45, 7) is 4.04. The molecule has 0 bridgehead atoms. The maximum Gasteiger partial charge on any atom is 0.336 e. The van der Waals surface area contributed by atoms with Crippen molar-refractivity contribution in [3.8, 4) is 0 Å². The van der Waals surface area contributed by atoms with Crippen LogP contribution in [0.15, 0.2) is 24.3 Å². The SMILES string of the molecule is CC1CCCN1Cc1ccccc1C(=O)O. The number of hydrogen-bond acceptors (Lipinski definition) is 2. The predicted octanol–water partition coefficient (Wildman–Crippen LogP) is 2.37. The third kappa shape index (κ3) is 2.25. The van der Waals surface area contributed by atoms with E-state index in [9.17, 15) is 4.79 Å². The van der Waals surface area contributed by atoms with E-state index in [0.29, 0.717) is 11.6 Å². The highest BCUT2D eigenvalue weighted by Crippen LogP contribution is 2.20.